The van der Waals surface area contributed by atoms with Gasteiger partial charge in [0.2, 0.25) is 0 Å². The van der Waals surface area contributed by atoms with Gasteiger partial charge in [0.15, 0.2) is 0 Å². The number of nitrogens with zero attached hydrogens (tertiary/aromatic N) is 2. The van der Waals surface area contributed by atoms with Crippen molar-refractivity contribution in [2.24, 2.45) is 11.8 Å². The Morgan fingerprint density at radius 1 is 1.11 bits per heavy atom. The molecule has 1 aliphatic heterocycles. The molecular weight excluding hydrogens is 483 g/mol. The number of hydrogen-bond acceptors (Lipinski definition) is 5. The first kappa shape index (κ1) is 27.8. The number of pyridine rings is 1. The van der Waals surface area contributed by atoms with E-state index in [9.17, 15) is 9.90 Å². The Morgan fingerprint density at radius 3 is 2.71 bits per heavy atom. The number of carboxylic acid groups (broad SMARTS) is 1. The second kappa shape index (κ2) is 13.6. The first-order valence-corrected chi connectivity index (χ1v) is 13.6. The van der Waals surface area contributed by atoms with E-state index in [2.05, 4.69) is 22.0 Å². The molecular formula is C31H39FN2O4. The van der Waals surface area contributed by atoms with Gasteiger partial charge in [-0.15, -0.1) is 0 Å². The van der Waals surface area contributed by atoms with Crippen molar-refractivity contribution < 1.29 is 23.8 Å². The molecule has 38 heavy (non-hydrogen) atoms. The lowest BCUT2D eigenvalue weighted by Crippen LogP contribution is -2.41. The minimum atomic E-state index is -1.10. The number of halogens is 1. The summed E-state index contributed by atoms with van der Waals surface area (Å²) in [5, 5.41) is 10.1. The van der Waals surface area contributed by atoms with E-state index in [-0.39, 0.29) is 12.3 Å². The SMILES string of the molecule is COc1cccc(CCCN2CC[C@@H](CCC(F)c3ccnc4ccc(OC)cc34)[C@@H](CCC(=O)O)C2)c1. The standard InChI is InChI=1S/C31H39FN2O4/c1-37-25-7-3-5-22(19-25)6-4-17-34-18-15-23(24(21-34)9-13-31(35)36)8-11-29(32)27-14-16-33-30-12-10-26(38-2)20-28(27)30/h3,5,7,10,12,14,16,19-20,23-24,29H,4,6,8-9,11,13,15,17-18,21H2,1-2H3,(H,35,36)/t23-,24+,29?/m1/s1. The number of carboxylic acids is 1. The van der Waals surface area contributed by atoms with Crippen molar-refractivity contribution in [3.63, 3.8) is 0 Å². The fraction of sp³-hybridized carbons (Fsp3) is 0.484. The molecule has 1 aromatic heterocycles. The number of rotatable bonds is 13. The molecule has 204 valence electrons. The second-order valence-corrected chi connectivity index (χ2v) is 10.3. The average Bonchev–Trinajstić information content (AvgIpc) is 2.94. The maximum absolute atomic E-state index is 15.6. The number of carbonyl (C=O) groups is 1. The van der Waals surface area contributed by atoms with Crippen LogP contribution in [0.4, 0.5) is 4.39 Å². The van der Waals surface area contributed by atoms with Crippen LogP contribution in [0.15, 0.2) is 54.7 Å². The van der Waals surface area contributed by atoms with E-state index < -0.39 is 12.1 Å². The Labute approximate surface area is 224 Å². The zero-order chi connectivity index (χ0) is 26.9. The molecule has 2 aromatic carbocycles. The van der Waals surface area contributed by atoms with E-state index in [0.717, 1.165) is 62.0 Å². The van der Waals surface area contributed by atoms with Gasteiger partial charge >= 0.3 is 5.97 Å². The Kier molecular flexibility index (Phi) is 9.93. The predicted molar refractivity (Wildman–Crippen MR) is 148 cm³/mol. The van der Waals surface area contributed by atoms with E-state index in [1.165, 1.54) is 5.56 Å². The van der Waals surface area contributed by atoms with E-state index in [0.29, 0.717) is 30.1 Å². The highest BCUT2D eigenvalue weighted by Crippen LogP contribution is 2.36. The number of benzene rings is 2. The lowest BCUT2D eigenvalue weighted by molar-refractivity contribution is -0.137. The molecule has 7 heteroatoms. The molecule has 3 atom stereocenters. The molecule has 2 heterocycles. The molecule has 0 aliphatic carbocycles. The monoisotopic (exact) mass is 522 g/mol. The summed E-state index contributed by atoms with van der Waals surface area (Å²) in [6, 6.07) is 15.5. The van der Waals surface area contributed by atoms with Crippen molar-refractivity contribution in [3.05, 3.63) is 65.9 Å². The Hall–Kier alpha value is -3.19. The fourth-order valence-corrected chi connectivity index (χ4v) is 5.77. The van der Waals surface area contributed by atoms with Crippen LogP contribution in [-0.4, -0.2) is 54.8 Å². The predicted octanol–water partition coefficient (Wildman–Crippen LogP) is 6.48. The number of alkyl halides is 1. The maximum Gasteiger partial charge on any atom is 0.303 e. The molecule has 0 radical (unpaired) electrons. The third kappa shape index (κ3) is 7.44. The van der Waals surface area contributed by atoms with E-state index in [4.69, 9.17) is 9.47 Å². The molecule has 1 aliphatic rings. The zero-order valence-electron chi connectivity index (χ0n) is 22.4. The summed E-state index contributed by atoms with van der Waals surface area (Å²) in [5.41, 5.74) is 2.66. The van der Waals surface area contributed by atoms with Gasteiger partial charge in [0.1, 0.15) is 17.7 Å². The molecule has 3 aromatic rings. The number of aliphatic carboxylic acids is 1. The van der Waals surface area contributed by atoms with Gasteiger partial charge in [0.25, 0.3) is 0 Å². The van der Waals surface area contributed by atoms with Gasteiger partial charge in [0, 0.05) is 24.5 Å². The van der Waals surface area contributed by atoms with Crippen molar-refractivity contribution in [1.82, 2.24) is 9.88 Å². The lowest BCUT2D eigenvalue weighted by atomic mass is 9.79. The molecule has 0 saturated carbocycles. The largest absolute Gasteiger partial charge is 0.497 e. The molecule has 6 nitrogen and oxygen atoms in total. The fourth-order valence-electron chi connectivity index (χ4n) is 5.77. The van der Waals surface area contributed by atoms with Crippen LogP contribution >= 0.6 is 0 Å². The van der Waals surface area contributed by atoms with Crippen LogP contribution in [0.2, 0.25) is 0 Å². The summed E-state index contributed by atoms with van der Waals surface area (Å²) < 4.78 is 26.2. The minimum absolute atomic E-state index is 0.159. The molecule has 1 saturated heterocycles. The highest BCUT2D eigenvalue weighted by Gasteiger charge is 2.30. The molecule has 0 amide bonds. The first-order valence-electron chi connectivity index (χ1n) is 13.6. The van der Waals surface area contributed by atoms with Crippen LogP contribution in [0.1, 0.15) is 55.8 Å². The van der Waals surface area contributed by atoms with Gasteiger partial charge in [-0.05, 0) is 111 Å². The molecule has 0 spiro atoms. The van der Waals surface area contributed by atoms with E-state index in [1.807, 2.05) is 30.3 Å². The van der Waals surface area contributed by atoms with Crippen molar-refractivity contribution in [2.75, 3.05) is 33.9 Å². The van der Waals surface area contributed by atoms with Gasteiger partial charge in [-0.2, -0.15) is 0 Å². The molecule has 0 bridgehead atoms. The highest BCUT2D eigenvalue weighted by molar-refractivity contribution is 5.83. The van der Waals surface area contributed by atoms with Crippen molar-refractivity contribution in [3.8, 4) is 11.5 Å². The third-order valence-electron chi connectivity index (χ3n) is 7.89. The summed E-state index contributed by atoms with van der Waals surface area (Å²) in [6.07, 6.45) is 5.51. The summed E-state index contributed by atoms with van der Waals surface area (Å²) >= 11 is 0. The Balaban J connectivity index is 1.34. The smallest absolute Gasteiger partial charge is 0.303 e. The van der Waals surface area contributed by atoms with Crippen LogP contribution in [0.25, 0.3) is 10.9 Å². The topological polar surface area (TPSA) is 71.9 Å². The van der Waals surface area contributed by atoms with E-state index >= 15 is 4.39 Å². The number of aryl methyl sites for hydroxylation is 1. The van der Waals surface area contributed by atoms with E-state index in [1.54, 1.807) is 26.5 Å². The van der Waals surface area contributed by atoms with Crippen LogP contribution in [0.5, 0.6) is 11.5 Å². The van der Waals surface area contributed by atoms with Gasteiger partial charge < -0.3 is 19.5 Å². The third-order valence-corrected chi connectivity index (χ3v) is 7.89. The number of likely N-dealkylation sites (tertiary alicyclic amines) is 1. The van der Waals surface area contributed by atoms with Crippen LogP contribution in [0, 0.1) is 11.8 Å². The number of methoxy groups -OCH3 is 2. The molecule has 4 rings (SSSR count). The van der Waals surface area contributed by atoms with Gasteiger partial charge in [0.05, 0.1) is 19.7 Å². The summed E-state index contributed by atoms with van der Waals surface area (Å²) in [4.78, 5) is 18.2. The number of piperidine rings is 1. The normalized spacial score (nSPS) is 18.8. The first-order chi connectivity index (χ1) is 18.5. The molecule has 1 N–H and O–H groups in total. The summed E-state index contributed by atoms with van der Waals surface area (Å²) in [7, 11) is 3.29. The highest BCUT2D eigenvalue weighted by atomic mass is 19.1. The molecule has 1 unspecified atom stereocenters. The lowest BCUT2D eigenvalue weighted by Gasteiger charge is -2.39. The van der Waals surface area contributed by atoms with Crippen LogP contribution in [-0.2, 0) is 11.2 Å². The number of hydrogen-bond donors (Lipinski definition) is 1. The van der Waals surface area contributed by atoms with Crippen molar-refractivity contribution in [2.45, 2.75) is 51.1 Å². The number of aromatic nitrogens is 1. The summed E-state index contributed by atoms with van der Waals surface area (Å²) in [6.45, 7) is 2.82. The van der Waals surface area contributed by atoms with Crippen molar-refractivity contribution >= 4 is 16.9 Å². The van der Waals surface area contributed by atoms with Crippen LogP contribution in [0.3, 0.4) is 0 Å². The molecule has 1 fully saturated rings. The quantitative estimate of drug-likeness (QED) is 0.277. The van der Waals surface area contributed by atoms with Crippen LogP contribution < -0.4 is 9.47 Å². The summed E-state index contributed by atoms with van der Waals surface area (Å²) in [5.74, 6) is 1.39. The van der Waals surface area contributed by atoms with Crippen molar-refractivity contribution in [1.29, 1.82) is 0 Å². The number of ether oxygens (including phenoxy) is 2. The zero-order valence-corrected chi connectivity index (χ0v) is 22.4. The maximum atomic E-state index is 15.6. The van der Waals surface area contributed by atoms with Gasteiger partial charge in [-0.3, -0.25) is 9.78 Å². The number of fused-ring (bicyclic) bond motifs is 1. The van der Waals surface area contributed by atoms with Gasteiger partial charge in [-0.25, -0.2) is 4.39 Å². The average molecular weight is 523 g/mol. The Morgan fingerprint density at radius 2 is 1.92 bits per heavy atom. The Bertz CT molecular complexity index is 1200. The van der Waals surface area contributed by atoms with Gasteiger partial charge in [-0.1, -0.05) is 12.1 Å². The minimum Gasteiger partial charge on any atom is -0.497 e. The second-order valence-electron chi connectivity index (χ2n) is 10.3.